The molecule has 2 aliphatic rings. The Morgan fingerprint density at radius 2 is 2.08 bits per heavy atom. The lowest BCUT2D eigenvalue weighted by atomic mass is 9.45. The van der Waals surface area contributed by atoms with Crippen LogP contribution in [0, 0.1) is 17.8 Å². The van der Waals surface area contributed by atoms with Crippen molar-refractivity contribution in [2.45, 2.75) is 51.7 Å². The Balaban J connectivity index is 2.07. The molecular weight excluding hydrogens is 143 g/mol. The molecule has 1 saturated heterocycles. The number of hydrogen-bond donors (Lipinski definition) is 0. The van der Waals surface area contributed by atoms with Gasteiger partial charge in [-0.05, 0) is 23.1 Å². The van der Waals surface area contributed by atoms with Gasteiger partial charge >= 0.3 is 0 Å². The molecule has 4 atom stereocenters. The highest BCUT2D eigenvalue weighted by Gasteiger charge is 2.56. The lowest BCUT2D eigenvalue weighted by Crippen LogP contribution is -2.28. The Morgan fingerprint density at radius 1 is 1.42 bits per heavy atom. The smallest absolute Gasteiger partial charge is 0.0766 e. The van der Waals surface area contributed by atoms with Gasteiger partial charge < -0.3 is 0 Å². The summed E-state index contributed by atoms with van der Waals surface area (Å²) in [6.45, 7) is 7.33. The second kappa shape index (κ2) is 2.78. The lowest BCUT2D eigenvalue weighted by molar-refractivity contribution is 0.284. The van der Waals surface area contributed by atoms with Crippen LogP contribution < -0.4 is 0 Å². The van der Waals surface area contributed by atoms with Gasteiger partial charge in [-0.3, -0.25) is 0 Å². The Kier molecular flexibility index (Phi) is 2.01. The van der Waals surface area contributed by atoms with Crippen molar-refractivity contribution in [3.05, 3.63) is 0 Å². The molecule has 0 radical (unpaired) electrons. The van der Waals surface area contributed by atoms with Crippen molar-refractivity contribution in [3.63, 3.8) is 0 Å². The third-order valence-electron chi connectivity index (χ3n) is 4.86. The van der Waals surface area contributed by atoms with Crippen molar-refractivity contribution in [2.24, 2.45) is 17.8 Å². The van der Waals surface area contributed by atoms with Crippen LogP contribution in [0.15, 0.2) is 0 Å². The summed E-state index contributed by atoms with van der Waals surface area (Å²) in [6.07, 6.45) is 5.96. The average Bonchev–Trinajstić information content (AvgIpc) is 2.70. The minimum atomic E-state index is 0.818. The van der Waals surface area contributed by atoms with Crippen LogP contribution in [0.3, 0.4) is 0 Å². The van der Waals surface area contributed by atoms with E-state index in [0.717, 1.165) is 23.1 Å². The largest absolute Gasteiger partial charge is 0.128 e. The maximum Gasteiger partial charge on any atom is 0.128 e. The van der Waals surface area contributed by atoms with Crippen molar-refractivity contribution in [3.8, 4) is 0 Å². The molecule has 0 N–H and O–H groups in total. The van der Waals surface area contributed by atoms with Crippen molar-refractivity contribution in [1.29, 1.82) is 0 Å². The molecule has 1 spiro atoms. The molecule has 1 heteroatoms. The normalized spacial score (nSPS) is 52.1. The topological polar surface area (TPSA) is 0 Å². The van der Waals surface area contributed by atoms with Crippen LogP contribution in [0.25, 0.3) is 0 Å². The van der Waals surface area contributed by atoms with Gasteiger partial charge in [0, 0.05) is 0 Å². The summed E-state index contributed by atoms with van der Waals surface area (Å²) >= 11 is 0. The maximum atomic E-state index is 2.51. The first-order chi connectivity index (χ1) is 5.70. The van der Waals surface area contributed by atoms with Crippen molar-refractivity contribution < 1.29 is 0 Å². The van der Waals surface area contributed by atoms with E-state index in [-0.39, 0.29) is 0 Å². The zero-order valence-corrected chi connectivity index (χ0v) is 8.77. The van der Waals surface area contributed by atoms with Crippen LogP contribution in [-0.2, 0) is 0 Å². The molecule has 1 heterocycles. The van der Waals surface area contributed by atoms with Crippen LogP contribution in [0.1, 0.15) is 40.0 Å². The van der Waals surface area contributed by atoms with Gasteiger partial charge in [-0.1, -0.05) is 46.4 Å². The molecule has 0 aromatic heterocycles. The zero-order valence-electron chi connectivity index (χ0n) is 8.77. The lowest BCUT2D eigenvalue weighted by Gasteiger charge is -2.36. The fraction of sp³-hybridized carbons (Fsp3) is 1.00. The quantitative estimate of drug-likeness (QED) is 0.522. The van der Waals surface area contributed by atoms with E-state index in [9.17, 15) is 0 Å². The monoisotopic (exact) mass is 164 g/mol. The fourth-order valence-corrected chi connectivity index (χ4v) is 3.69. The zero-order chi connectivity index (χ0) is 8.77. The van der Waals surface area contributed by atoms with E-state index in [4.69, 9.17) is 0 Å². The maximum absolute atomic E-state index is 2.51. The third kappa shape index (κ3) is 1.05. The van der Waals surface area contributed by atoms with E-state index in [1.807, 2.05) is 0 Å². The van der Waals surface area contributed by atoms with Gasteiger partial charge in [0.05, 0.1) is 0 Å². The molecule has 4 unspecified atom stereocenters. The van der Waals surface area contributed by atoms with Gasteiger partial charge in [-0.15, -0.1) is 0 Å². The standard InChI is InChI=1S/C11H21B/c1-4-10-5-6-12-11(9(10)3)7-8(11)2/h8-10,12H,4-7H2,1-3H3. The second-order valence-corrected chi connectivity index (χ2v) is 5.19. The third-order valence-corrected chi connectivity index (χ3v) is 4.86. The minimum absolute atomic E-state index is 0.818. The van der Waals surface area contributed by atoms with E-state index < -0.39 is 0 Å². The summed E-state index contributed by atoms with van der Waals surface area (Å²) in [6, 6.07) is 0. The minimum Gasteiger partial charge on any atom is -0.0766 e. The summed E-state index contributed by atoms with van der Waals surface area (Å²) in [5, 5.41) is 0.818. The van der Waals surface area contributed by atoms with Crippen LogP contribution in [-0.4, -0.2) is 7.28 Å². The highest BCUT2D eigenvalue weighted by atomic mass is 14.5. The summed E-state index contributed by atoms with van der Waals surface area (Å²) in [4.78, 5) is 0. The Bertz CT molecular complexity index is 178. The van der Waals surface area contributed by atoms with Crippen LogP contribution >= 0.6 is 0 Å². The van der Waals surface area contributed by atoms with Gasteiger partial charge in [0.25, 0.3) is 0 Å². The molecule has 0 aromatic carbocycles. The van der Waals surface area contributed by atoms with Gasteiger partial charge in [-0.25, -0.2) is 0 Å². The van der Waals surface area contributed by atoms with Crippen LogP contribution in [0.4, 0.5) is 0 Å². The van der Waals surface area contributed by atoms with Gasteiger partial charge in [-0.2, -0.15) is 0 Å². The Hall–Kier alpha value is 0.0649. The molecule has 1 aliphatic heterocycles. The summed E-state index contributed by atoms with van der Waals surface area (Å²) in [5.74, 6) is 3.11. The molecule has 68 valence electrons. The van der Waals surface area contributed by atoms with E-state index in [1.165, 1.54) is 32.9 Å². The number of hydrogen-bond acceptors (Lipinski definition) is 0. The predicted octanol–water partition coefficient (Wildman–Crippen LogP) is 3.11. The molecule has 1 saturated carbocycles. The van der Waals surface area contributed by atoms with Crippen molar-refractivity contribution in [2.75, 3.05) is 0 Å². The highest BCUT2D eigenvalue weighted by molar-refractivity contribution is 6.42. The molecule has 2 rings (SSSR count). The molecule has 12 heavy (non-hydrogen) atoms. The van der Waals surface area contributed by atoms with Crippen LogP contribution in [0.5, 0.6) is 0 Å². The first-order valence-electron chi connectivity index (χ1n) is 5.70. The van der Waals surface area contributed by atoms with E-state index >= 15 is 0 Å². The predicted molar refractivity (Wildman–Crippen MR) is 56.0 cm³/mol. The number of rotatable bonds is 1. The summed E-state index contributed by atoms with van der Waals surface area (Å²) in [7, 11) is 1.53. The second-order valence-electron chi connectivity index (χ2n) is 5.19. The Morgan fingerprint density at radius 3 is 2.58 bits per heavy atom. The average molecular weight is 164 g/mol. The SMILES string of the molecule is CCC1CCBC2(CC2C)C1C. The van der Waals surface area contributed by atoms with E-state index in [2.05, 4.69) is 20.8 Å². The van der Waals surface area contributed by atoms with Gasteiger partial charge in [0.2, 0.25) is 0 Å². The van der Waals surface area contributed by atoms with Gasteiger partial charge in [0.15, 0.2) is 0 Å². The fourth-order valence-electron chi connectivity index (χ4n) is 3.69. The Labute approximate surface area is 77.4 Å². The molecule has 1 aliphatic carbocycles. The first kappa shape index (κ1) is 8.65. The van der Waals surface area contributed by atoms with E-state index in [0.29, 0.717) is 0 Å². The van der Waals surface area contributed by atoms with Gasteiger partial charge in [0.1, 0.15) is 7.28 Å². The van der Waals surface area contributed by atoms with Crippen molar-refractivity contribution >= 4 is 7.28 Å². The van der Waals surface area contributed by atoms with E-state index in [1.54, 1.807) is 0 Å². The molecular formula is C11H21B. The molecule has 0 bridgehead atoms. The molecule has 0 nitrogen and oxygen atoms in total. The van der Waals surface area contributed by atoms with Crippen molar-refractivity contribution in [1.82, 2.24) is 0 Å². The summed E-state index contributed by atoms with van der Waals surface area (Å²) < 4.78 is 0. The molecule has 0 aromatic rings. The highest BCUT2D eigenvalue weighted by Crippen LogP contribution is 2.68. The van der Waals surface area contributed by atoms with Crippen LogP contribution in [0.2, 0.25) is 11.6 Å². The molecule has 2 fully saturated rings. The first-order valence-corrected chi connectivity index (χ1v) is 5.70. The molecule has 0 amide bonds. The summed E-state index contributed by atoms with van der Waals surface area (Å²) in [5.41, 5.74) is 0.